The van der Waals surface area contributed by atoms with E-state index in [1.165, 1.54) is 76.6 Å². The van der Waals surface area contributed by atoms with Crippen molar-refractivity contribution in [3.8, 4) is 34.4 Å². The fourth-order valence-electron chi connectivity index (χ4n) is 5.98. The van der Waals surface area contributed by atoms with E-state index in [2.05, 4.69) is 89.2 Å². The summed E-state index contributed by atoms with van der Waals surface area (Å²) < 4.78 is 0. The van der Waals surface area contributed by atoms with Gasteiger partial charge in [0.2, 0.25) is 0 Å². The summed E-state index contributed by atoms with van der Waals surface area (Å²) in [4.78, 5) is 0. The molecule has 0 heterocycles. The molecule has 0 aliphatic rings. The van der Waals surface area contributed by atoms with Crippen LogP contribution in [0.15, 0.2) is 66.7 Å². The Morgan fingerprint density at radius 1 is 0.475 bits per heavy atom. The first-order chi connectivity index (χ1) is 19.3. The molecule has 0 aromatic heterocycles. The van der Waals surface area contributed by atoms with Crippen molar-refractivity contribution in [1.29, 1.82) is 10.5 Å². The third-order valence-electron chi connectivity index (χ3n) is 8.19. The average molecular weight is 525 g/mol. The molecule has 0 aliphatic carbocycles. The normalized spacial score (nSPS) is 10.8. The molecule has 0 amide bonds. The second-order valence-electron chi connectivity index (χ2n) is 11.3. The van der Waals surface area contributed by atoms with Crippen molar-refractivity contribution in [1.82, 2.24) is 0 Å². The molecule has 2 nitrogen and oxygen atoms in total. The molecule has 0 saturated carbocycles. The number of rotatable bonds is 10. The van der Waals surface area contributed by atoms with Gasteiger partial charge in [0.15, 0.2) is 0 Å². The highest BCUT2D eigenvalue weighted by Gasteiger charge is 2.10. The Bertz CT molecular complexity index is 1570. The van der Waals surface area contributed by atoms with E-state index in [0.717, 1.165) is 35.1 Å². The van der Waals surface area contributed by atoms with E-state index in [9.17, 15) is 5.26 Å². The van der Waals surface area contributed by atoms with Crippen molar-refractivity contribution >= 4 is 0 Å². The third-order valence-corrected chi connectivity index (χ3v) is 8.19. The minimum absolute atomic E-state index is 0.715. The molecular weight excluding hydrogens is 484 g/mol. The summed E-state index contributed by atoms with van der Waals surface area (Å²) in [5.41, 5.74) is 15.5. The molecule has 0 bridgehead atoms. The van der Waals surface area contributed by atoms with E-state index in [1.54, 1.807) is 0 Å². The van der Waals surface area contributed by atoms with Gasteiger partial charge in [-0.1, -0.05) is 61.7 Å². The second-order valence-corrected chi connectivity index (χ2v) is 11.3. The van der Waals surface area contributed by atoms with E-state index in [-0.39, 0.29) is 0 Å². The van der Waals surface area contributed by atoms with E-state index in [1.807, 2.05) is 24.3 Å². The van der Waals surface area contributed by atoms with Crippen molar-refractivity contribution in [3.05, 3.63) is 117 Å². The van der Waals surface area contributed by atoms with Crippen LogP contribution in [0.5, 0.6) is 0 Å². The van der Waals surface area contributed by atoms with Gasteiger partial charge >= 0.3 is 0 Å². The quantitative estimate of drug-likeness (QED) is 0.194. The molecule has 0 saturated heterocycles. The summed E-state index contributed by atoms with van der Waals surface area (Å²) >= 11 is 0. The molecule has 40 heavy (non-hydrogen) atoms. The summed E-state index contributed by atoms with van der Waals surface area (Å²) in [5.74, 6) is 0. The van der Waals surface area contributed by atoms with E-state index >= 15 is 0 Å². The van der Waals surface area contributed by atoms with Gasteiger partial charge in [0.25, 0.3) is 0 Å². The molecular formula is C38H40N2. The monoisotopic (exact) mass is 524 g/mol. The molecule has 4 aromatic rings. The Balaban J connectivity index is 1.23. The molecule has 4 rings (SSSR count). The lowest BCUT2D eigenvalue weighted by Crippen LogP contribution is -1.95. The van der Waals surface area contributed by atoms with Gasteiger partial charge in [0.1, 0.15) is 0 Å². The van der Waals surface area contributed by atoms with E-state index in [0.29, 0.717) is 5.56 Å². The van der Waals surface area contributed by atoms with Crippen LogP contribution in [0.25, 0.3) is 22.3 Å². The van der Waals surface area contributed by atoms with Crippen molar-refractivity contribution in [2.24, 2.45) is 0 Å². The standard InChI is InChI=1S/C38H40N2/c1-26-22-35(37-18-13-31(24-39)19-28(37)3)16-14-33(26)11-9-7-6-8-10-12-34-15-17-36(23-27(34)2)38-29(4)20-32(25-40)21-30(38)5/h13-23H,6-12H2,1-5H3. The fraction of sp³-hybridized carbons (Fsp3) is 0.316. The van der Waals surface area contributed by atoms with E-state index < -0.39 is 0 Å². The Kier molecular flexibility index (Phi) is 9.58. The SMILES string of the molecule is Cc1cc(-c2ccc(C#N)cc2C)ccc1CCCCCCCc1ccc(-c2c(C)cc(C#N)cc2C)cc1C. The maximum Gasteiger partial charge on any atom is 0.0991 e. The van der Waals surface area contributed by atoms with Gasteiger partial charge in [-0.2, -0.15) is 10.5 Å². The predicted molar refractivity (Wildman–Crippen MR) is 167 cm³/mol. The zero-order valence-electron chi connectivity index (χ0n) is 24.7. The maximum absolute atomic E-state index is 9.25. The first kappa shape index (κ1) is 28.9. The van der Waals surface area contributed by atoms with Gasteiger partial charge in [0.05, 0.1) is 23.3 Å². The smallest absolute Gasteiger partial charge is 0.0991 e. The summed E-state index contributed by atoms with van der Waals surface area (Å²) in [6, 6.07) is 28.1. The molecule has 0 unspecified atom stereocenters. The molecule has 4 aromatic carbocycles. The Morgan fingerprint density at radius 2 is 0.975 bits per heavy atom. The van der Waals surface area contributed by atoms with Crippen LogP contribution in [0, 0.1) is 57.3 Å². The lowest BCUT2D eigenvalue weighted by atomic mass is 9.91. The highest BCUT2D eigenvalue weighted by molar-refractivity contribution is 5.73. The van der Waals surface area contributed by atoms with Crippen molar-refractivity contribution < 1.29 is 0 Å². The number of nitriles is 2. The Labute approximate surface area is 240 Å². The second kappa shape index (κ2) is 13.3. The molecule has 0 N–H and O–H groups in total. The van der Waals surface area contributed by atoms with Crippen molar-refractivity contribution in [3.63, 3.8) is 0 Å². The predicted octanol–water partition coefficient (Wildman–Crippen LogP) is 10.0. The lowest BCUT2D eigenvalue weighted by molar-refractivity contribution is 0.612. The number of unbranched alkanes of at least 4 members (excludes halogenated alkanes) is 4. The lowest BCUT2D eigenvalue weighted by Gasteiger charge is -2.14. The van der Waals surface area contributed by atoms with Gasteiger partial charge in [0, 0.05) is 0 Å². The van der Waals surface area contributed by atoms with Crippen LogP contribution in [0.1, 0.15) is 82.2 Å². The topological polar surface area (TPSA) is 47.6 Å². The first-order valence-electron chi connectivity index (χ1n) is 14.5. The number of hydrogen-bond donors (Lipinski definition) is 0. The minimum atomic E-state index is 0.715. The highest BCUT2D eigenvalue weighted by atomic mass is 14.2. The molecule has 0 spiro atoms. The molecule has 0 fully saturated rings. The largest absolute Gasteiger partial charge is 0.192 e. The van der Waals surface area contributed by atoms with Gasteiger partial charge in [-0.05, 0) is 146 Å². The zero-order chi connectivity index (χ0) is 28.6. The van der Waals surface area contributed by atoms with Crippen molar-refractivity contribution in [2.75, 3.05) is 0 Å². The van der Waals surface area contributed by atoms with E-state index in [4.69, 9.17) is 5.26 Å². The Hall–Kier alpha value is -4.14. The third kappa shape index (κ3) is 6.89. The van der Waals surface area contributed by atoms with Gasteiger partial charge in [-0.25, -0.2) is 0 Å². The fourth-order valence-corrected chi connectivity index (χ4v) is 5.98. The van der Waals surface area contributed by atoms with Gasteiger partial charge in [-0.3, -0.25) is 0 Å². The molecule has 0 radical (unpaired) electrons. The number of hydrogen-bond acceptors (Lipinski definition) is 2. The van der Waals surface area contributed by atoms with Crippen LogP contribution in [0.2, 0.25) is 0 Å². The van der Waals surface area contributed by atoms with Crippen LogP contribution in [-0.4, -0.2) is 0 Å². The molecule has 2 heteroatoms. The van der Waals surface area contributed by atoms with Gasteiger partial charge < -0.3 is 0 Å². The molecule has 0 aliphatic heterocycles. The first-order valence-corrected chi connectivity index (χ1v) is 14.5. The zero-order valence-corrected chi connectivity index (χ0v) is 24.7. The Morgan fingerprint density at radius 3 is 1.50 bits per heavy atom. The summed E-state index contributed by atoms with van der Waals surface area (Å²) in [7, 11) is 0. The number of nitrogens with zero attached hydrogens (tertiary/aromatic N) is 2. The maximum atomic E-state index is 9.25. The van der Waals surface area contributed by atoms with Crippen LogP contribution in [0.4, 0.5) is 0 Å². The summed E-state index contributed by atoms with van der Waals surface area (Å²) in [6.45, 7) is 10.7. The molecule has 0 atom stereocenters. The highest BCUT2D eigenvalue weighted by Crippen LogP contribution is 2.31. The number of benzene rings is 4. The van der Waals surface area contributed by atoms with Crippen LogP contribution in [0.3, 0.4) is 0 Å². The molecule has 202 valence electrons. The summed E-state index contributed by atoms with van der Waals surface area (Å²) in [5, 5.41) is 18.4. The summed E-state index contributed by atoms with van der Waals surface area (Å²) in [6.07, 6.45) is 8.54. The van der Waals surface area contributed by atoms with Crippen LogP contribution < -0.4 is 0 Å². The minimum Gasteiger partial charge on any atom is -0.192 e. The van der Waals surface area contributed by atoms with Crippen LogP contribution >= 0.6 is 0 Å². The number of aryl methyl sites for hydroxylation is 7. The van der Waals surface area contributed by atoms with Crippen molar-refractivity contribution in [2.45, 2.75) is 79.6 Å². The average Bonchev–Trinajstić information content (AvgIpc) is 2.93. The van der Waals surface area contributed by atoms with Crippen LogP contribution in [-0.2, 0) is 12.8 Å². The van der Waals surface area contributed by atoms with Gasteiger partial charge in [-0.15, -0.1) is 0 Å².